The fourth-order valence-electron chi connectivity index (χ4n) is 1.74. The van der Waals surface area contributed by atoms with E-state index in [1.54, 1.807) is 18.2 Å². The number of amides is 1. The number of carboxylic acids is 1. The zero-order chi connectivity index (χ0) is 14.5. The molecule has 0 bridgehead atoms. The highest BCUT2D eigenvalue weighted by Crippen LogP contribution is 2.12. The van der Waals surface area contributed by atoms with Crippen molar-refractivity contribution in [2.75, 3.05) is 0 Å². The van der Waals surface area contributed by atoms with E-state index < -0.39 is 11.5 Å². The lowest BCUT2D eigenvalue weighted by Gasteiger charge is -2.25. The van der Waals surface area contributed by atoms with Gasteiger partial charge in [-0.15, -0.1) is 0 Å². The monoisotopic (exact) mass is 264 g/mol. The summed E-state index contributed by atoms with van der Waals surface area (Å²) in [7, 11) is 0. The van der Waals surface area contributed by atoms with Crippen LogP contribution in [-0.4, -0.2) is 22.5 Å². The number of carboxylic acid groups (broad SMARTS) is 1. The molecular formula is C14H20N2O3. The van der Waals surface area contributed by atoms with Crippen molar-refractivity contribution >= 4 is 11.9 Å². The standard InChI is InChI=1S/C14H20N2O3/c1-3-14(15,4-2)13(19)16-9-10-6-5-7-11(8-10)12(17)18/h5-8H,3-4,9,15H2,1-2H3,(H,16,19)(H,17,18). The zero-order valence-corrected chi connectivity index (χ0v) is 11.3. The minimum Gasteiger partial charge on any atom is -0.478 e. The third-order valence-electron chi connectivity index (χ3n) is 3.34. The Labute approximate surface area is 112 Å². The summed E-state index contributed by atoms with van der Waals surface area (Å²) in [6, 6.07) is 6.47. The lowest BCUT2D eigenvalue weighted by atomic mass is 9.93. The molecule has 0 unspecified atom stereocenters. The van der Waals surface area contributed by atoms with Gasteiger partial charge in [-0.2, -0.15) is 0 Å². The van der Waals surface area contributed by atoms with Gasteiger partial charge in [-0.25, -0.2) is 4.79 Å². The Morgan fingerprint density at radius 1 is 1.32 bits per heavy atom. The molecule has 0 fully saturated rings. The van der Waals surface area contributed by atoms with Crippen molar-refractivity contribution in [2.24, 2.45) is 5.73 Å². The Morgan fingerprint density at radius 2 is 1.95 bits per heavy atom. The zero-order valence-electron chi connectivity index (χ0n) is 11.3. The van der Waals surface area contributed by atoms with Gasteiger partial charge in [0.25, 0.3) is 0 Å². The number of nitrogens with one attached hydrogen (secondary N) is 1. The molecule has 0 spiro atoms. The summed E-state index contributed by atoms with van der Waals surface area (Å²) in [4.78, 5) is 22.8. The van der Waals surface area contributed by atoms with Crippen molar-refractivity contribution in [3.63, 3.8) is 0 Å². The summed E-state index contributed by atoms with van der Waals surface area (Å²) in [6.07, 6.45) is 1.12. The van der Waals surface area contributed by atoms with Crippen LogP contribution in [-0.2, 0) is 11.3 Å². The molecular weight excluding hydrogens is 244 g/mol. The van der Waals surface area contributed by atoms with Crippen LogP contribution in [0.2, 0.25) is 0 Å². The van der Waals surface area contributed by atoms with Crippen molar-refractivity contribution in [3.05, 3.63) is 35.4 Å². The van der Waals surface area contributed by atoms with Gasteiger partial charge in [-0.1, -0.05) is 26.0 Å². The Morgan fingerprint density at radius 3 is 2.47 bits per heavy atom. The lowest BCUT2D eigenvalue weighted by Crippen LogP contribution is -2.52. The van der Waals surface area contributed by atoms with Crippen molar-refractivity contribution in [1.29, 1.82) is 0 Å². The van der Waals surface area contributed by atoms with Gasteiger partial charge in [0.2, 0.25) is 5.91 Å². The largest absolute Gasteiger partial charge is 0.478 e. The van der Waals surface area contributed by atoms with Crippen LogP contribution in [0.5, 0.6) is 0 Å². The number of hydrogen-bond donors (Lipinski definition) is 3. The van der Waals surface area contributed by atoms with E-state index in [4.69, 9.17) is 10.8 Å². The van der Waals surface area contributed by atoms with Gasteiger partial charge in [0, 0.05) is 6.54 Å². The summed E-state index contributed by atoms with van der Waals surface area (Å²) in [5, 5.41) is 11.6. The highest BCUT2D eigenvalue weighted by molar-refractivity contribution is 5.88. The molecule has 5 nitrogen and oxygen atoms in total. The van der Waals surface area contributed by atoms with Gasteiger partial charge in [-0.3, -0.25) is 4.79 Å². The molecule has 4 N–H and O–H groups in total. The van der Waals surface area contributed by atoms with Gasteiger partial charge in [0.1, 0.15) is 0 Å². The number of nitrogens with two attached hydrogens (primary N) is 1. The smallest absolute Gasteiger partial charge is 0.335 e. The summed E-state index contributed by atoms with van der Waals surface area (Å²) in [5.41, 5.74) is 6.06. The fraction of sp³-hybridized carbons (Fsp3) is 0.429. The van der Waals surface area contributed by atoms with Crippen molar-refractivity contribution < 1.29 is 14.7 Å². The number of carbonyl (C=O) groups is 2. The maximum Gasteiger partial charge on any atom is 0.335 e. The molecule has 0 aliphatic rings. The van der Waals surface area contributed by atoms with Crippen LogP contribution in [0.25, 0.3) is 0 Å². The average Bonchev–Trinajstić information content (AvgIpc) is 2.44. The van der Waals surface area contributed by atoms with Crippen LogP contribution in [0, 0.1) is 0 Å². The third-order valence-corrected chi connectivity index (χ3v) is 3.34. The lowest BCUT2D eigenvalue weighted by molar-refractivity contribution is -0.126. The summed E-state index contributed by atoms with van der Waals surface area (Å²) in [6.45, 7) is 4.02. The summed E-state index contributed by atoms with van der Waals surface area (Å²) < 4.78 is 0. The molecule has 0 atom stereocenters. The maximum absolute atomic E-state index is 12.0. The minimum absolute atomic E-state index is 0.205. The molecule has 0 aliphatic carbocycles. The SMILES string of the molecule is CCC(N)(CC)C(=O)NCc1cccc(C(=O)O)c1. The molecule has 1 rings (SSSR count). The predicted molar refractivity (Wildman–Crippen MR) is 72.7 cm³/mol. The van der Waals surface area contributed by atoms with E-state index in [-0.39, 0.29) is 18.0 Å². The van der Waals surface area contributed by atoms with Crippen LogP contribution >= 0.6 is 0 Å². The van der Waals surface area contributed by atoms with Crippen molar-refractivity contribution in [3.8, 4) is 0 Å². The van der Waals surface area contributed by atoms with E-state index >= 15 is 0 Å². The van der Waals surface area contributed by atoms with Crippen LogP contribution in [0.3, 0.4) is 0 Å². The number of carbonyl (C=O) groups excluding carboxylic acids is 1. The van der Waals surface area contributed by atoms with Gasteiger partial charge >= 0.3 is 5.97 Å². The molecule has 5 heteroatoms. The van der Waals surface area contributed by atoms with Gasteiger partial charge in [-0.05, 0) is 30.5 Å². The third kappa shape index (κ3) is 3.79. The Hall–Kier alpha value is -1.88. The molecule has 0 heterocycles. The first-order chi connectivity index (χ1) is 8.92. The molecule has 0 radical (unpaired) electrons. The first-order valence-electron chi connectivity index (χ1n) is 6.32. The molecule has 0 aliphatic heterocycles. The number of hydrogen-bond acceptors (Lipinski definition) is 3. The molecule has 0 saturated carbocycles. The number of rotatable bonds is 6. The van der Waals surface area contributed by atoms with Crippen LogP contribution in [0.15, 0.2) is 24.3 Å². The predicted octanol–water partition coefficient (Wildman–Crippen LogP) is 1.52. The summed E-state index contributed by atoms with van der Waals surface area (Å²) >= 11 is 0. The fourth-order valence-corrected chi connectivity index (χ4v) is 1.74. The van der Waals surface area contributed by atoms with Crippen LogP contribution in [0.4, 0.5) is 0 Å². The van der Waals surface area contributed by atoms with E-state index in [0.29, 0.717) is 12.8 Å². The highest BCUT2D eigenvalue weighted by atomic mass is 16.4. The van der Waals surface area contributed by atoms with Crippen LogP contribution in [0.1, 0.15) is 42.6 Å². The van der Waals surface area contributed by atoms with Gasteiger partial charge in [0.05, 0.1) is 11.1 Å². The Kier molecular flexibility index (Phi) is 5.06. The number of benzene rings is 1. The molecule has 104 valence electrons. The van der Waals surface area contributed by atoms with Crippen molar-refractivity contribution in [2.45, 2.75) is 38.8 Å². The second kappa shape index (κ2) is 6.33. The van der Waals surface area contributed by atoms with E-state index in [1.807, 2.05) is 13.8 Å². The molecule has 0 aromatic heterocycles. The van der Waals surface area contributed by atoms with E-state index in [9.17, 15) is 9.59 Å². The molecule has 0 saturated heterocycles. The molecule has 19 heavy (non-hydrogen) atoms. The number of aromatic carboxylic acids is 1. The normalized spacial score (nSPS) is 11.1. The topological polar surface area (TPSA) is 92.4 Å². The van der Waals surface area contributed by atoms with E-state index in [0.717, 1.165) is 5.56 Å². The average molecular weight is 264 g/mol. The van der Waals surface area contributed by atoms with E-state index in [2.05, 4.69) is 5.32 Å². The minimum atomic E-state index is -0.983. The quantitative estimate of drug-likeness (QED) is 0.726. The highest BCUT2D eigenvalue weighted by Gasteiger charge is 2.29. The Balaban J connectivity index is 2.69. The first kappa shape index (κ1) is 15.2. The van der Waals surface area contributed by atoms with Crippen LogP contribution < -0.4 is 11.1 Å². The van der Waals surface area contributed by atoms with E-state index in [1.165, 1.54) is 6.07 Å². The second-order valence-corrected chi connectivity index (χ2v) is 4.55. The molecule has 1 aromatic rings. The van der Waals surface area contributed by atoms with Gasteiger partial charge in [0.15, 0.2) is 0 Å². The molecule has 1 aromatic carbocycles. The van der Waals surface area contributed by atoms with Crippen molar-refractivity contribution in [1.82, 2.24) is 5.32 Å². The molecule has 1 amide bonds. The first-order valence-corrected chi connectivity index (χ1v) is 6.32. The maximum atomic E-state index is 12.0. The van der Waals surface area contributed by atoms with Gasteiger partial charge < -0.3 is 16.2 Å². The Bertz CT molecular complexity index is 468. The summed E-state index contributed by atoms with van der Waals surface area (Å²) in [5.74, 6) is -1.19. The second-order valence-electron chi connectivity index (χ2n) is 4.55.